The third-order valence-electron chi connectivity index (χ3n) is 4.45. The van der Waals surface area contributed by atoms with Crippen molar-refractivity contribution in [2.24, 2.45) is 5.92 Å². The standard InChI is InChI=1S/C16H22N2O/c19-15-12-17-16(14-8-2-1-3-9-14)18(15)11-10-13-6-4-5-7-13/h1-3,8-9,13,16-17H,4-7,10-12H2. The normalized spacial score (nSPS) is 24.3. The van der Waals surface area contributed by atoms with Crippen LogP contribution in [0, 0.1) is 5.92 Å². The summed E-state index contributed by atoms with van der Waals surface area (Å²) in [6, 6.07) is 10.3. The zero-order chi connectivity index (χ0) is 13.1. The third-order valence-corrected chi connectivity index (χ3v) is 4.45. The van der Waals surface area contributed by atoms with Gasteiger partial charge in [-0.05, 0) is 17.9 Å². The highest BCUT2D eigenvalue weighted by atomic mass is 16.2. The Balaban J connectivity index is 1.65. The predicted octanol–water partition coefficient (Wildman–Crippen LogP) is 2.70. The molecule has 1 saturated heterocycles. The van der Waals surface area contributed by atoms with Crippen molar-refractivity contribution in [2.75, 3.05) is 13.1 Å². The topological polar surface area (TPSA) is 32.3 Å². The lowest BCUT2D eigenvalue weighted by molar-refractivity contribution is -0.128. The number of hydrogen-bond acceptors (Lipinski definition) is 2. The SMILES string of the molecule is O=C1CNC(c2ccccc2)N1CCC1CCCC1. The van der Waals surface area contributed by atoms with Crippen LogP contribution in [0.5, 0.6) is 0 Å². The van der Waals surface area contributed by atoms with E-state index in [-0.39, 0.29) is 12.1 Å². The molecule has 102 valence electrons. The van der Waals surface area contributed by atoms with Crippen LogP contribution in [0.25, 0.3) is 0 Å². The van der Waals surface area contributed by atoms with E-state index in [1.807, 2.05) is 23.1 Å². The Morgan fingerprint density at radius 3 is 2.63 bits per heavy atom. The average molecular weight is 258 g/mol. The summed E-state index contributed by atoms with van der Waals surface area (Å²) in [5, 5.41) is 3.32. The minimum atomic E-state index is 0.0788. The van der Waals surface area contributed by atoms with Crippen molar-refractivity contribution < 1.29 is 4.79 Å². The second-order valence-corrected chi connectivity index (χ2v) is 5.72. The molecule has 3 rings (SSSR count). The van der Waals surface area contributed by atoms with Crippen molar-refractivity contribution in [1.29, 1.82) is 0 Å². The van der Waals surface area contributed by atoms with Gasteiger partial charge in [-0.3, -0.25) is 10.1 Å². The summed E-state index contributed by atoms with van der Waals surface area (Å²) < 4.78 is 0. The van der Waals surface area contributed by atoms with E-state index in [0.29, 0.717) is 6.54 Å². The van der Waals surface area contributed by atoms with Gasteiger partial charge in [0.2, 0.25) is 5.91 Å². The van der Waals surface area contributed by atoms with Gasteiger partial charge in [0.15, 0.2) is 0 Å². The molecular formula is C16H22N2O. The fraction of sp³-hybridized carbons (Fsp3) is 0.562. The molecule has 1 aromatic rings. The molecule has 1 aliphatic heterocycles. The molecule has 3 nitrogen and oxygen atoms in total. The first kappa shape index (κ1) is 12.7. The van der Waals surface area contributed by atoms with Crippen molar-refractivity contribution in [3.05, 3.63) is 35.9 Å². The van der Waals surface area contributed by atoms with Gasteiger partial charge < -0.3 is 4.90 Å². The van der Waals surface area contributed by atoms with Crippen LogP contribution in [0.15, 0.2) is 30.3 Å². The summed E-state index contributed by atoms with van der Waals surface area (Å²) in [5.41, 5.74) is 1.19. The van der Waals surface area contributed by atoms with Crippen LogP contribution in [0.4, 0.5) is 0 Å². The zero-order valence-electron chi connectivity index (χ0n) is 11.3. The molecule has 1 atom stereocenters. The van der Waals surface area contributed by atoms with Crippen LogP contribution in [0.2, 0.25) is 0 Å². The molecule has 1 aromatic carbocycles. The maximum absolute atomic E-state index is 12.0. The molecule has 0 aromatic heterocycles. The Morgan fingerprint density at radius 2 is 1.89 bits per heavy atom. The van der Waals surface area contributed by atoms with Crippen LogP contribution in [-0.2, 0) is 4.79 Å². The maximum Gasteiger partial charge on any atom is 0.238 e. The van der Waals surface area contributed by atoms with Gasteiger partial charge >= 0.3 is 0 Å². The summed E-state index contributed by atoms with van der Waals surface area (Å²) in [6.07, 6.45) is 6.70. The molecular weight excluding hydrogens is 236 g/mol. The highest BCUT2D eigenvalue weighted by molar-refractivity contribution is 5.80. The summed E-state index contributed by atoms with van der Waals surface area (Å²) >= 11 is 0. The van der Waals surface area contributed by atoms with E-state index in [1.54, 1.807) is 0 Å². The van der Waals surface area contributed by atoms with E-state index in [2.05, 4.69) is 17.4 Å². The van der Waals surface area contributed by atoms with Gasteiger partial charge in [-0.15, -0.1) is 0 Å². The number of carbonyl (C=O) groups is 1. The second-order valence-electron chi connectivity index (χ2n) is 5.72. The van der Waals surface area contributed by atoms with E-state index in [0.717, 1.165) is 18.9 Å². The lowest BCUT2D eigenvalue weighted by Gasteiger charge is -2.26. The lowest BCUT2D eigenvalue weighted by Crippen LogP contribution is -2.32. The molecule has 0 radical (unpaired) electrons. The van der Waals surface area contributed by atoms with Crippen LogP contribution < -0.4 is 5.32 Å². The largest absolute Gasteiger partial charge is 0.322 e. The van der Waals surface area contributed by atoms with Gasteiger partial charge in [0.05, 0.1) is 6.54 Å². The lowest BCUT2D eigenvalue weighted by atomic mass is 10.0. The molecule has 3 heteroatoms. The first-order chi connectivity index (χ1) is 9.34. The monoisotopic (exact) mass is 258 g/mol. The Morgan fingerprint density at radius 1 is 1.16 bits per heavy atom. The van der Waals surface area contributed by atoms with Crippen molar-refractivity contribution in [1.82, 2.24) is 10.2 Å². The molecule has 1 heterocycles. The Kier molecular flexibility index (Phi) is 3.83. The van der Waals surface area contributed by atoms with Crippen molar-refractivity contribution in [3.8, 4) is 0 Å². The van der Waals surface area contributed by atoms with E-state index < -0.39 is 0 Å². The molecule has 1 amide bonds. The molecule has 0 spiro atoms. The number of benzene rings is 1. The summed E-state index contributed by atoms with van der Waals surface area (Å²) in [5.74, 6) is 1.08. The number of nitrogens with zero attached hydrogens (tertiary/aromatic N) is 1. The quantitative estimate of drug-likeness (QED) is 0.900. The van der Waals surface area contributed by atoms with Gasteiger partial charge in [-0.1, -0.05) is 56.0 Å². The van der Waals surface area contributed by atoms with Crippen molar-refractivity contribution in [2.45, 2.75) is 38.3 Å². The van der Waals surface area contributed by atoms with Gasteiger partial charge in [-0.2, -0.15) is 0 Å². The summed E-state index contributed by atoms with van der Waals surface area (Å²) in [4.78, 5) is 14.0. The number of rotatable bonds is 4. The van der Waals surface area contributed by atoms with Crippen LogP contribution in [0.3, 0.4) is 0 Å². The predicted molar refractivity (Wildman–Crippen MR) is 75.5 cm³/mol. The minimum absolute atomic E-state index is 0.0788. The smallest absolute Gasteiger partial charge is 0.238 e. The number of amides is 1. The Hall–Kier alpha value is -1.35. The first-order valence-electron chi connectivity index (χ1n) is 7.42. The molecule has 0 bridgehead atoms. The summed E-state index contributed by atoms with van der Waals surface area (Å²) in [7, 11) is 0. The molecule has 1 saturated carbocycles. The Labute approximate surface area is 115 Å². The molecule has 19 heavy (non-hydrogen) atoms. The van der Waals surface area contributed by atoms with Crippen molar-refractivity contribution in [3.63, 3.8) is 0 Å². The minimum Gasteiger partial charge on any atom is -0.322 e. The average Bonchev–Trinajstić information content (AvgIpc) is 3.07. The van der Waals surface area contributed by atoms with E-state index in [4.69, 9.17) is 0 Å². The highest BCUT2D eigenvalue weighted by Crippen LogP contribution is 2.29. The van der Waals surface area contributed by atoms with Gasteiger partial charge in [0, 0.05) is 6.54 Å². The maximum atomic E-state index is 12.0. The Bertz CT molecular complexity index is 426. The highest BCUT2D eigenvalue weighted by Gasteiger charge is 2.31. The van der Waals surface area contributed by atoms with Crippen LogP contribution in [0.1, 0.15) is 43.8 Å². The van der Waals surface area contributed by atoms with Crippen LogP contribution in [-0.4, -0.2) is 23.9 Å². The van der Waals surface area contributed by atoms with E-state index >= 15 is 0 Å². The number of carbonyl (C=O) groups excluding carboxylic acids is 1. The fourth-order valence-electron chi connectivity index (χ4n) is 3.35. The van der Waals surface area contributed by atoms with Gasteiger partial charge in [-0.25, -0.2) is 0 Å². The first-order valence-corrected chi connectivity index (χ1v) is 7.42. The van der Waals surface area contributed by atoms with E-state index in [9.17, 15) is 4.79 Å². The fourth-order valence-corrected chi connectivity index (χ4v) is 3.35. The molecule has 2 fully saturated rings. The van der Waals surface area contributed by atoms with E-state index in [1.165, 1.54) is 31.2 Å². The molecule has 1 unspecified atom stereocenters. The van der Waals surface area contributed by atoms with Gasteiger partial charge in [0.25, 0.3) is 0 Å². The number of nitrogens with one attached hydrogen (secondary N) is 1. The summed E-state index contributed by atoms with van der Waals surface area (Å²) in [6.45, 7) is 1.38. The zero-order valence-corrected chi connectivity index (χ0v) is 11.3. The number of hydrogen-bond donors (Lipinski definition) is 1. The van der Waals surface area contributed by atoms with Crippen molar-refractivity contribution >= 4 is 5.91 Å². The van der Waals surface area contributed by atoms with Gasteiger partial charge in [0.1, 0.15) is 6.17 Å². The molecule has 2 aliphatic rings. The van der Waals surface area contributed by atoms with Crippen LogP contribution >= 0.6 is 0 Å². The molecule has 1 N–H and O–H groups in total. The second kappa shape index (κ2) is 5.74. The third kappa shape index (κ3) is 2.81. The molecule has 1 aliphatic carbocycles.